The molecule has 5 nitrogen and oxygen atoms in total. The smallest absolute Gasteiger partial charge is 0.404 e. The van der Waals surface area contributed by atoms with Crippen molar-refractivity contribution in [3.8, 4) is 0 Å². The highest BCUT2D eigenvalue weighted by molar-refractivity contribution is 5.44. The number of halogens is 1. The first-order valence-electron chi connectivity index (χ1n) is 4.88. The van der Waals surface area contributed by atoms with E-state index >= 15 is 0 Å². The zero-order chi connectivity index (χ0) is 12.3. The van der Waals surface area contributed by atoms with Crippen LogP contribution in [0.5, 0.6) is 0 Å². The SMILES string of the molecule is O=[N+]([O-])c1ccc(CNc2ccccc2F)o1. The summed E-state index contributed by atoms with van der Waals surface area (Å²) >= 11 is 0. The summed E-state index contributed by atoms with van der Waals surface area (Å²) in [6.07, 6.45) is 0. The summed E-state index contributed by atoms with van der Waals surface area (Å²) in [4.78, 5) is 9.76. The molecule has 0 spiro atoms. The van der Waals surface area contributed by atoms with E-state index in [0.717, 1.165) is 0 Å². The lowest BCUT2D eigenvalue weighted by Gasteiger charge is -2.04. The van der Waals surface area contributed by atoms with Crippen LogP contribution in [0.15, 0.2) is 40.8 Å². The Bertz CT molecular complexity index is 539. The highest BCUT2D eigenvalue weighted by atomic mass is 19.1. The van der Waals surface area contributed by atoms with Gasteiger partial charge in [0.2, 0.25) is 0 Å². The van der Waals surface area contributed by atoms with Gasteiger partial charge in [0.15, 0.2) is 0 Å². The molecule has 0 aliphatic carbocycles. The molecule has 1 N–H and O–H groups in total. The number of furan rings is 1. The van der Waals surface area contributed by atoms with E-state index in [1.54, 1.807) is 18.2 Å². The Morgan fingerprint density at radius 3 is 2.71 bits per heavy atom. The van der Waals surface area contributed by atoms with Crippen LogP contribution in [0.4, 0.5) is 16.0 Å². The fraction of sp³-hybridized carbons (Fsp3) is 0.0909. The van der Waals surface area contributed by atoms with Crippen LogP contribution in [-0.2, 0) is 6.54 Å². The third-order valence-electron chi connectivity index (χ3n) is 2.15. The Kier molecular flexibility index (Phi) is 3.04. The number of para-hydroxylation sites is 1. The van der Waals surface area contributed by atoms with E-state index in [1.165, 1.54) is 18.2 Å². The van der Waals surface area contributed by atoms with Gasteiger partial charge in [-0.3, -0.25) is 10.1 Å². The van der Waals surface area contributed by atoms with Gasteiger partial charge in [-0.15, -0.1) is 0 Å². The summed E-state index contributed by atoms with van der Waals surface area (Å²) in [5.41, 5.74) is 0.326. The molecule has 0 aliphatic rings. The van der Waals surface area contributed by atoms with Crippen molar-refractivity contribution in [2.75, 3.05) is 5.32 Å². The van der Waals surface area contributed by atoms with Gasteiger partial charge in [-0.05, 0) is 18.2 Å². The lowest BCUT2D eigenvalue weighted by Crippen LogP contribution is -1.99. The third kappa shape index (κ3) is 2.60. The van der Waals surface area contributed by atoms with E-state index in [0.29, 0.717) is 11.4 Å². The summed E-state index contributed by atoms with van der Waals surface area (Å²) in [7, 11) is 0. The average molecular weight is 236 g/mol. The molecule has 0 unspecified atom stereocenters. The number of hydrogen-bond acceptors (Lipinski definition) is 4. The van der Waals surface area contributed by atoms with E-state index in [-0.39, 0.29) is 18.2 Å². The zero-order valence-electron chi connectivity index (χ0n) is 8.72. The molecule has 1 aromatic heterocycles. The minimum atomic E-state index is -0.618. The van der Waals surface area contributed by atoms with Crippen LogP contribution in [0.2, 0.25) is 0 Å². The van der Waals surface area contributed by atoms with Gasteiger partial charge < -0.3 is 9.73 Å². The number of hydrogen-bond donors (Lipinski definition) is 1. The monoisotopic (exact) mass is 236 g/mol. The first-order chi connectivity index (χ1) is 8.16. The maximum absolute atomic E-state index is 13.2. The maximum Gasteiger partial charge on any atom is 0.433 e. The molecule has 0 fully saturated rings. The molecule has 0 atom stereocenters. The standard InChI is InChI=1S/C11H9FN2O3/c12-9-3-1-2-4-10(9)13-7-8-5-6-11(17-8)14(15)16/h1-6,13H,7H2. The Hall–Kier alpha value is -2.37. The van der Waals surface area contributed by atoms with Crippen molar-refractivity contribution in [2.24, 2.45) is 0 Å². The Balaban J connectivity index is 2.02. The molecule has 0 saturated carbocycles. The summed E-state index contributed by atoms with van der Waals surface area (Å²) in [6.45, 7) is 0.189. The first kappa shape index (κ1) is 11.1. The molecule has 0 saturated heterocycles. The quantitative estimate of drug-likeness (QED) is 0.654. The first-order valence-corrected chi connectivity index (χ1v) is 4.88. The van der Waals surface area contributed by atoms with Crippen LogP contribution >= 0.6 is 0 Å². The molecule has 0 radical (unpaired) electrons. The van der Waals surface area contributed by atoms with Crippen LogP contribution in [-0.4, -0.2) is 4.92 Å². The van der Waals surface area contributed by atoms with Gasteiger partial charge in [0.05, 0.1) is 18.3 Å². The molecule has 0 aliphatic heterocycles. The molecular weight excluding hydrogens is 227 g/mol. The molecule has 1 heterocycles. The van der Waals surface area contributed by atoms with Crippen molar-refractivity contribution in [3.63, 3.8) is 0 Å². The summed E-state index contributed by atoms with van der Waals surface area (Å²) in [6, 6.07) is 8.91. The predicted octanol–water partition coefficient (Wildman–Crippen LogP) is 2.94. The van der Waals surface area contributed by atoms with Crippen LogP contribution in [0.3, 0.4) is 0 Å². The summed E-state index contributed by atoms with van der Waals surface area (Å²) in [5.74, 6) is -0.330. The van der Waals surface area contributed by atoms with E-state index in [9.17, 15) is 14.5 Å². The van der Waals surface area contributed by atoms with Gasteiger partial charge >= 0.3 is 5.88 Å². The number of nitro groups is 1. The van der Waals surface area contributed by atoms with Gasteiger partial charge in [0.25, 0.3) is 0 Å². The minimum Gasteiger partial charge on any atom is -0.404 e. The van der Waals surface area contributed by atoms with Crippen molar-refractivity contribution >= 4 is 11.6 Å². The highest BCUT2D eigenvalue weighted by Crippen LogP contribution is 2.18. The summed E-state index contributed by atoms with van der Waals surface area (Å²) in [5, 5.41) is 13.2. The van der Waals surface area contributed by atoms with E-state index in [2.05, 4.69) is 5.32 Å². The third-order valence-corrected chi connectivity index (χ3v) is 2.15. The van der Waals surface area contributed by atoms with Crippen LogP contribution in [0.25, 0.3) is 0 Å². The molecule has 0 amide bonds. The van der Waals surface area contributed by atoms with Crippen LogP contribution in [0.1, 0.15) is 5.76 Å². The topological polar surface area (TPSA) is 68.3 Å². The van der Waals surface area contributed by atoms with Crippen molar-refractivity contribution in [1.82, 2.24) is 0 Å². The second-order valence-corrected chi connectivity index (χ2v) is 3.33. The molecule has 2 rings (SSSR count). The number of nitrogens with one attached hydrogen (secondary N) is 1. The van der Waals surface area contributed by atoms with E-state index < -0.39 is 4.92 Å². The minimum absolute atomic E-state index is 0.189. The number of anilines is 1. The van der Waals surface area contributed by atoms with Crippen molar-refractivity contribution in [3.05, 3.63) is 58.1 Å². The lowest BCUT2D eigenvalue weighted by molar-refractivity contribution is -0.402. The number of rotatable bonds is 4. The largest absolute Gasteiger partial charge is 0.433 e. The lowest BCUT2D eigenvalue weighted by atomic mass is 10.3. The highest BCUT2D eigenvalue weighted by Gasteiger charge is 2.11. The van der Waals surface area contributed by atoms with Gasteiger partial charge in [0, 0.05) is 0 Å². The predicted molar refractivity (Wildman–Crippen MR) is 59.1 cm³/mol. The fourth-order valence-electron chi connectivity index (χ4n) is 1.35. The van der Waals surface area contributed by atoms with Crippen LogP contribution in [0, 0.1) is 15.9 Å². The molecule has 1 aromatic carbocycles. The van der Waals surface area contributed by atoms with Crippen molar-refractivity contribution in [1.29, 1.82) is 0 Å². The van der Waals surface area contributed by atoms with Gasteiger partial charge in [-0.2, -0.15) is 0 Å². The van der Waals surface area contributed by atoms with Gasteiger partial charge in [-0.25, -0.2) is 4.39 Å². The second-order valence-electron chi connectivity index (χ2n) is 3.33. The maximum atomic E-state index is 13.2. The molecular formula is C11H9FN2O3. The summed E-state index contributed by atoms with van der Waals surface area (Å²) < 4.78 is 18.1. The number of benzene rings is 1. The molecule has 2 aromatic rings. The molecule has 0 bridgehead atoms. The Morgan fingerprint density at radius 1 is 1.29 bits per heavy atom. The van der Waals surface area contributed by atoms with Crippen molar-refractivity contribution < 1.29 is 13.7 Å². The fourth-order valence-corrected chi connectivity index (χ4v) is 1.35. The van der Waals surface area contributed by atoms with Gasteiger partial charge in [0.1, 0.15) is 16.5 Å². The molecule has 6 heteroatoms. The molecule has 17 heavy (non-hydrogen) atoms. The van der Waals surface area contributed by atoms with Crippen LogP contribution < -0.4 is 5.32 Å². The zero-order valence-corrected chi connectivity index (χ0v) is 8.72. The van der Waals surface area contributed by atoms with Gasteiger partial charge in [-0.1, -0.05) is 12.1 Å². The Labute approximate surface area is 96.0 Å². The Morgan fingerprint density at radius 2 is 2.06 bits per heavy atom. The average Bonchev–Trinajstić information content (AvgIpc) is 2.77. The van der Waals surface area contributed by atoms with E-state index in [4.69, 9.17) is 4.42 Å². The molecule has 88 valence electrons. The van der Waals surface area contributed by atoms with Crippen molar-refractivity contribution in [2.45, 2.75) is 6.54 Å². The van der Waals surface area contributed by atoms with E-state index in [1.807, 2.05) is 0 Å². The second kappa shape index (κ2) is 4.65. The normalized spacial score (nSPS) is 10.2. The number of nitrogens with zero attached hydrogens (tertiary/aromatic N) is 1.